The number of alkyl halides is 1. The fraction of sp³-hybridized carbons (Fsp3) is 1.00. The van der Waals surface area contributed by atoms with Gasteiger partial charge >= 0.3 is 0 Å². The average molecular weight is 247 g/mol. The SMILES string of the molecule is CCCC[C@H]1CC[C@H](CCBr)CC1. The highest BCUT2D eigenvalue weighted by Crippen LogP contribution is 2.33. The molecule has 0 aliphatic heterocycles. The summed E-state index contributed by atoms with van der Waals surface area (Å²) in [5, 5.41) is 1.21. The van der Waals surface area contributed by atoms with Crippen LogP contribution >= 0.6 is 15.9 Å². The van der Waals surface area contributed by atoms with Gasteiger partial charge in [0.1, 0.15) is 0 Å². The van der Waals surface area contributed by atoms with Gasteiger partial charge in [-0.25, -0.2) is 0 Å². The lowest BCUT2D eigenvalue weighted by molar-refractivity contribution is 0.256. The molecule has 0 saturated heterocycles. The maximum Gasteiger partial charge on any atom is 0.00339 e. The highest BCUT2D eigenvalue weighted by molar-refractivity contribution is 9.09. The van der Waals surface area contributed by atoms with Crippen LogP contribution in [0.4, 0.5) is 0 Å². The Morgan fingerprint density at radius 2 is 1.54 bits per heavy atom. The standard InChI is InChI=1S/C12H23Br/c1-2-3-4-11-5-7-12(8-6-11)9-10-13/h11-12H,2-10H2,1H3/t11-,12-. The number of halogens is 1. The minimum absolute atomic E-state index is 1.04. The second kappa shape index (κ2) is 6.86. The van der Waals surface area contributed by atoms with E-state index in [-0.39, 0.29) is 0 Å². The molecule has 13 heavy (non-hydrogen) atoms. The Labute approximate surface area is 91.6 Å². The molecular weight excluding hydrogens is 224 g/mol. The summed E-state index contributed by atoms with van der Waals surface area (Å²) in [4.78, 5) is 0. The quantitative estimate of drug-likeness (QED) is 0.614. The van der Waals surface area contributed by atoms with E-state index in [1.807, 2.05) is 0 Å². The highest BCUT2D eigenvalue weighted by atomic mass is 79.9. The van der Waals surface area contributed by atoms with E-state index in [1.54, 1.807) is 0 Å². The molecule has 1 rings (SSSR count). The molecule has 0 aromatic heterocycles. The lowest BCUT2D eigenvalue weighted by Crippen LogP contribution is -2.14. The molecule has 1 heteroatoms. The minimum Gasteiger partial charge on any atom is -0.0928 e. The molecule has 78 valence electrons. The van der Waals surface area contributed by atoms with Gasteiger partial charge in [-0.1, -0.05) is 67.8 Å². The van der Waals surface area contributed by atoms with E-state index in [1.165, 1.54) is 56.7 Å². The van der Waals surface area contributed by atoms with E-state index in [2.05, 4.69) is 22.9 Å². The van der Waals surface area contributed by atoms with Crippen molar-refractivity contribution in [2.45, 2.75) is 58.3 Å². The molecule has 0 bridgehead atoms. The molecule has 0 amide bonds. The smallest absolute Gasteiger partial charge is 0.00339 e. The van der Waals surface area contributed by atoms with Crippen molar-refractivity contribution in [2.75, 3.05) is 5.33 Å². The van der Waals surface area contributed by atoms with E-state index in [0.29, 0.717) is 0 Å². The lowest BCUT2D eigenvalue weighted by atomic mass is 9.79. The molecule has 0 heterocycles. The van der Waals surface area contributed by atoms with Gasteiger partial charge in [0.05, 0.1) is 0 Å². The topological polar surface area (TPSA) is 0 Å². The second-order valence-electron chi connectivity index (χ2n) is 4.51. The van der Waals surface area contributed by atoms with Gasteiger partial charge < -0.3 is 0 Å². The Kier molecular flexibility index (Phi) is 6.10. The zero-order valence-electron chi connectivity index (χ0n) is 8.90. The van der Waals surface area contributed by atoms with Crippen molar-refractivity contribution in [1.82, 2.24) is 0 Å². The Hall–Kier alpha value is 0.480. The van der Waals surface area contributed by atoms with Crippen molar-refractivity contribution in [2.24, 2.45) is 11.8 Å². The Morgan fingerprint density at radius 3 is 2.00 bits per heavy atom. The van der Waals surface area contributed by atoms with Gasteiger partial charge in [0.2, 0.25) is 0 Å². The minimum atomic E-state index is 1.04. The Bertz CT molecular complexity index is 114. The van der Waals surface area contributed by atoms with Crippen molar-refractivity contribution < 1.29 is 0 Å². The third-order valence-electron chi connectivity index (χ3n) is 3.45. The van der Waals surface area contributed by atoms with Crippen LogP contribution < -0.4 is 0 Å². The van der Waals surface area contributed by atoms with E-state index in [9.17, 15) is 0 Å². The molecule has 0 nitrogen and oxygen atoms in total. The first-order chi connectivity index (χ1) is 6.36. The summed E-state index contributed by atoms with van der Waals surface area (Å²) < 4.78 is 0. The zero-order chi connectivity index (χ0) is 9.52. The van der Waals surface area contributed by atoms with Crippen molar-refractivity contribution in [3.63, 3.8) is 0 Å². The lowest BCUT2D eigenvalue weighted by Gasteiger charge is -2.28. The summed E-state index contributed by atoms with van der Waals surface area (Å²) >= 11 is 3.54. The van der Waals surface area contributed by atoms with Crippen molar-refractivity contribution >= 4 is 15.9 Å². The monoisotopic (exact) mass is 246 g/mol. The fourth-order valence-corrected chi connectivity index (χ4v) is 3.10. The largest absolute Gasteiger partial charge is 0.0928 e. The number of rotatable bonds is 5. The predicted octanol–water partition coefficient (Wildman–Crippen LogP) is 4.77. The van der Waals surface area contributed by atoms with E-state index >= 15 is 0 Å². The third-order valence-corrected chi connectivity index (χ3v) is 3.91. The van der Waals surface area contributed by atoms with Gasteiger partial charge in [0.25, 0.3) is 0 Å². The Morgan fingerprint density at radius 1 is 1.00 bits per heavy atom. The van der Waals surface area contributed by atoms with Crippen LogP contribution in [0.5, 0.6) is 0 Å². The van der Waals surface area contributed by atoms with Gasteiger partial charge in [-0.3, -0.25) is 0 Å². The maximum atomic E-state index is 3.54. The fourth-order valence-electron chi connectivity index (χ4n) is 2.46. The molecule has 1 aliphatic rings. The first-order valence-corrected chi connectivity index (χ1v) is 7.05. The molecule has 0 atom stereocenters. The van der Waals surface area contributed by atoms with E-state index in [0.717, 1.165) is 11.8 Å². The molecule has 0 aromatic carbocycles. The third kappa shape index (κ3) is 4.49. The van der Waals surface area contributed by atoms with Gasteiger partial charge in [-0.2, -0.15) is 0 Å². The molecule has 0 N–H and O–H groups in total. The van der Waals surface area contributed by atoms with E-state index < -0.39 is 0 Å². The number of hydrogen-bond acceptors (Lipinski definition) is 0. The van der Waals surface area contributed by atoms with Gasteiger partial charge in [0, 0.05) is 5.33 Å². The molecule has 1 saturated carbocycles. The average Bonchev–Trinajstić information content (AvgIpc) is 2.17. The highest BCUT2D eigenvalue weighted by Gasteiger charge is 2.19. The molecule has 0 aromatic rings. The first-order valence-electron chi connectivity index (χ1n) is 5.92. The summed E-state index contributed by atoms with van der Waals surface area (Å²) in [5.41, 5.74) is 0. The molecule has 0 spiro atoms. The van der Waals surface area contributed by atoms with Crippen molar-refractivity contribution in [3.8, 4) is 0 Å². The van der Waals surface area contributed by atoms with Crippen LogP contribution in [0, 0.1) is 11.8 Å². The number of hydrogen-bond donors (Lipinski definition) is 0. The van der Waals surface area contributed by atoms with E-state index in [4.69, 9.17) is 0 Å². The number of unbranched alkanes of at least 4 members (excludes halogenated alkanes) is 1. The summed E-state index contributed by atoms with van der Waals surface area (Å²) in [5.74, 6) is 2.11. The molecule has 0 unspecified atom stereocenters. The van der Waals surface area contributed by atoms with Gasteiger partial charge in [0.15, 0.2) is 0 Å². The summed E-state index contributed by atoms with van der Waals surface area (Å²) in [6, 6.07) is 0. The van der Waals surface area contributed by atoms with Crippen LogP contribution in [0.25, 0.3) is 0 Å². The Balaban J connectivity index is 2.08. The zero-order valence-corrected chi connectivity index (χ0v) is 10.5. The van der Waals surface area contributed by atoms with Crippen LogP contribution in [-0.4, -0.2) is 5.33 Å². The molecule has 0 radical (unpaired) electrons. The second-order valence-corrected chi connectivity index (χ2v) is 5.30. The summed E-state index contributed by atoms with van der Waals surface area (Å²) in [6.07, 6.45) is 11.8. The van der Waals surface area contributed by atoms with Crippen LogP contribution in [-0.2, 0) is 0 Å². The van der Waals surface area contributed by atoms with Crippen LogP contribution in [0.2, 0.25) is 0 Å². The van der Waals surface area contributed by atoms with Crippen LogP contribution in [0.15, 0.2) is 0 Å². The first kappa shape index (κ1) is 11.6. The van der Waals surface area contributed by atoms with Gasteiger partial charge in [-0.05, 0) is 18.3 Å². The normalized spacial score (nSPS) is 29.1. The predicted molar refractivity (Wildman–Crippen MR) is 63.4 cm³/mol. The maximum absolute atomic E-state index is 3.54. The van der Waals surface area contributed by atoms with Crippen molar-refractivity contribution in [1.29, 1.82) is 0 Å². The van der Waals surface area contributed by atoms with Crippen LogP contribution in [0.3, 0.4) is 0 Å². The molecular formula is C12H23Br. The van der Waals surface area contributed by atoms with Crippen LogP contribution in [0.1, 0.15) is 58.3 Å². The molecule has 1 fully saturated rings. The van der Waals surface area contributed by atoms with Crippen molar-refractivity contribution in [3.05, 3.63) is 0 Å². The van der Waals surface area contributed by atoms with Gasteiger partial charge in [-0.15, -0.1) is 0 Å². The summed E-state index contributed by atoms with van der Waals surface area (Å²) in [6.45, 7) is 2.30. The molecule has 1 aliphatic carbocycles. The summed E-state index contributed by atoms with van der Waals surface area (Å²) in [7, 11) is 0.